The van der Waals surface area contributed by atoms with Crippen molar-refractivity contribution < 1.29 is 13.2 Å². The lowest BCUT2D eigenvalue weighted by atomic mass is 10.0. The topological polar surface area (TPSA) is 57.7 Å². The van der Waals surface area contributed by atoms with Crippen molar-refractivity contribution in [2.24, 2.45) is 0 Å². The molecule has 116 valence electrons. The van der Waals surface area contributed by atoms with Gasteiger partial charge in [0.15, 0.2) is 9.84 Å². The van der Waals surface area contributed by atoms with Crippen LogP contribution in [0.5, 0.6) is 0 Å². The summed E-state index contributed by atoms with van der Waals surface area (Å²) < 4.78 is 23.2. The van der Waals surface area contributed by atoms with Gasteiger partial charge in [-0.1, -0.05) is 0 Å². The quantitative estimate of drug-likeness (QED) is 0.791. The van der Waals surface area contributed by atoms with Crippen molar-refractivity contribution >= 4 is 27.2 Å². The van der Waals surface area contributed by atoms with Gasteiger partial charge in [-0.25, -0.2) is 13.2 Å². The first kappa shape index (κ1) is 14.8. The van der Waals surface area contributed by atoms with Gasteiger partial charge in [-0.05, 0) is 36.8 Å². The molecule has 2 aliphatic heterocycles. The standard InChI is InChI=1S/C14H20N2O3S2/c1-10-12-4-7-20-13(12)3-6-16(10)14(17)15(2)11-5-8-21(18,19)9-11/h4,7,10-11H,3,5-6,8-9H2,1-2H3. The molecule has 0 aromatic carbocycles. The minimum atomic E-state index is -2.97. The van der Waals surface area contributed by atoms with Gasteiger partial charge in [0.05, 0.1) is 17.5 Å². The number of sulfone groups is 1. The van der Waals surface area contributed by atoms with Crippen molar-refractivity contribution in [3.63, 3.8) is 0 Å². The van der Waals surface area contributed by atoms with Crippen LogP contribution in [0.3, 0.4) is 0 Å². The lowest BCUT2D eigenvalue weighted by Gasteiger charge is -2.38. The summed E-state index contributed by atoms with van der Waals surface area (Å²) in [5, 5.41) is 2.07. The van der Waals surface area contributed by atoms with Crippen LogP contribution < -0.4 is 0 Å². The van der Waals surface area contributed by atoms with E-state index in [-0.39, 0.29) is 29.6 Å². The Labute approximate surface area is 129 Å². The molecule has 5 nitrogen and oxygen atoms in total. The van der Waals surface area contributed by atoms with Crippen LogP contribution in [0, 0.1) is 0 Å². The predicted molar refractivity (Wildman–Crippen MR) is 83.4 cm³/mol. The van der Waals surface area contributed by atoms with Crippen molar-refractivity contribution in [2.45, 2.75) is 31.8 Å². The highest BCUT2D eigenvalue weighted by Crippen LogP contribution is 2.33. The van der Waals surface area contributed by atoms with Crippen LogP contribution >= 0.6 is 11.3 Å². The lowest BCUT2D eigenvalue weighted by Crippen LogP contribution is -2.49. The molecule has 21 heavy (non-hydrogen) atoms. The summed E-state index contributed by atoms with van der Waals surface area (Å²) in [6.07, 6.45) is 1.44. The van der Waals surface area contributed by atoms with Crippen LogP contribution in [0.1, 0.15) is 29.8 Å². The van der Waals surface area contributed by atoms with Crippen LogP contribution in [0.25, 0.3) is 0 Å². The number of nitrogens with zero attached hydrogens (tertiary/aromatic N) is 2. The normalized spacial score (nSPS) is 27.4. The van der Waals surface area contributed by atoms with Gasteiger partial charge in [0.25, 0.3) is 0 Å². The summed E-state index contributed by atoms with van der Waals surface area (Å²) in [5.41, 5.74) is 1.23. The number of amides is 2. The minimum Gasteiger partial charge on any atom is -0.324 e. The average molecular weight is 328 g/mol. The molecular formula is C14H20N2O3S2. The van der Waals surface area contributed by atoms with Crippen LogP contribution in [-0.2, 0) is 16.3 Å². The minimum absolute atomic E-state index is 0.0542. The number of thiophene rings is 1. The van der Waals surface area contributed by atoms with E-state index in [0.717, 1.165) is 6.42 Å². The molecule has 1 aromatic rings. The number of hydrogen-bond donors (Lipinski definition) is 0. The Bertz CT molecular complexity index is 653. The highest BCUT2D eigenvalue weighted by atomic mass is 32.2. The van der Waals surface area contributed by atoms with E-state index in [1.54, 1.807) is 23.3 Å². The number of carbonyl (C=O) groups excluding carboxylic acids is 1. The molecule has 0 saturated carbocycles. The zero-order valence-electron chi connectivity index (χ0n) is 12.3. The summed E-state index contributed by atoms with van der Waals surface area (Å²) in [5.74, 6) is 0.292. The Morgan fingerprint density at radius 1 is 1.48 bits per heavy atom. The fourth-order valence-electron chi connectivity index (χ4n) is 3.21. The second-order valence-corrected chi connectivity index (χ2v) is 9.10. The number of urea groups is 1. The third kappa shape index (κ3) is 2.68. The summed E-state index contributed by atoms with van der Waals surface area (Å²) in [4.78, 5) is 17.5. The van der Waals surface area contributed by atoms with Crippen LogP contribution in [-0.4, -0.2) is 55.4 Å². The van der Waals surface area contributed by atoms with E-state index in [1.165, 1.54) is 10.4 Å². The summed E-state index contributed by atoms with van der Waals surface area (Å²) in [7, 11) is -1.24. The van der Waals surface area contributed by atoms with E-state index in [2.05, 4.69) is 11.4 Å². The fraction of sp³-hybridized carbons (Fsp3) is 0.643. The van der Waals surface area contributed by atoms with Gasteiger partial charge in [0, 0.05) is 24.5 Å². The lowest BCUT2D eigenvalue weighted by molar-refractivity contribution is 0.131. The molecule has 0 radical (unpaired) electrons. The molecule has 1 aromatic heterocycles. The van der Waals surface area contributed by atoms with Gasteiger partial charge in [0.2, 0.25) is 0 Å². The molecule has 1 fully saturated rings. The van der Waals surface area contributed by atoms with E-state index in [4.69, 9.17) is 0 Å². The Morgan fingerprint density at radius 2 is 2.24 bits per heavy atom. The van der Waals surface area contributed by atoms with Gasteiger partial charge in [0.1, 0.15) is 0 Å². The fourth-order valence-corrected chi connectivity index (χ4v) is 5.95. The largest absolute Gasteiger partial charge is 0.324 e. The van der Waals surface area contributed by atoms with Gasteiger partial charge < -0.3 is 9.80 Å². The third-order valence-corrected chi connectivity index (χ3v) is 7.33. The van der Waals surface area contributed by atoms with E-state index in [1.807, 2.05) is 11.8 Å². The molecule has 2 atom stereocenters. The van der Waals surface area contributed by atoms with E-state index in [9.17, 15) is 13.2 Å². The first-order chi connectivity index (χ1) is 9.89. The van der Waals surface area contributed by atoms with Gasteiger partial charge in [-0.3, -0.25) is 0 Å². The molecule has 2 unspecified atom stereocenters. The number of carbonyl (C=O) groups is 1. The molecule has 0 bridgehead atoms. The number of fused-ring (bicyclic) bond motifs is 1. The Balaban J connectivity index is 1.74. The first-order valence-corrected chi connectivity index (χ1v) is 9.89. The predicted octanol–water partition coefficient (Wildman–Crippen LogP) is 1.91. The number of hydrogen-bond acceptors (Lipinski definition) is 4. The molecule has 1 saturated heterocycles. The second-order valence-electron chi connectivity index (χ2n) is 5.87. The summed E-state index contributed by atoms with van der Waals surface area (Å²) in [6.45, 7) is 2.75. The summed E-state index contributed by atoms with van der Waals surface area (Å²) in [6, 6.07) is 1.91. The second kappa shape index (κ2) is 5.28. The maximum absolute atomic E-state index is 12.7. The van der Waals surface area contributed by atoms with Crippen LogP contribution in [0.4, 0.5) is 4.79 Å². The molecule has 2 amide bonds. The molecule has 2 aliphatic rings. The summed E-state index contributed by atoms with van der Waals surface area (Å²) >= 11 is 1.75. The SMILES string of the molecule is CC1c2ccsc2CCN1C(=O)N(C)C1CCS(=O)(=O)C1. The van der Waals surface area contributed by atoms with Crippen LogP contribution in [0.15, 0.2) is 11.4 Å². The molecular weight excluding hydrogens is 308 g/mol. The Morgan fingerprint density at radius 3 is 2.90 bits per heavy atom. The molecule has 7 heteroatoms. The van der Waals surface area contributed by atoms with E-state index in [0.29, 0.717) is 13.0 Å². The molecule has 0 spiro atoms. The first-order valence-electron chi connectivity index (χ1n) is 7.19. The van der Waals surface area contributed by atoms with E-state index < -0.39 is 9.84 Å². The third-order valence-electron chi connectivity index (χ3n) is 4.58. The molecule has 0 aliphatic carbocycles. The van der Waals surface area contributed by atoms with Crippen molar-refractivity contribution in [3.05, 3.63) is 21.9 Å². The highest BCUT2D eigenvalue weighted by molar-refractivity contribution is 7.91. The van der Waals surface area contributed by atoms with Crippen molar-refractivity contribution in [3.8, 4) is 0 Å². The van der Waals surface area contributed by atoms with Crippen molar-refractivity contribution in [2.75, 3.05) is 25.1 Å². The molecule has 3 rings (SSSR count). The highest BCUT2D eigenvalue weighted by Gasteiger charge is 2.36. The zero-order valence-corrected chi connectivity index (χ0v) is 13.9. The van der Waals surface area contributed by atoms with Gasteiger partial charge in [-0.2, -0.15) is 0 Å². The van der Waals surface area contributed by atoms with Crippen LogP contribution in [0.2, 0.25) is 0 Å². The Kier molecular flexibility index (Phi) is 3.73. The average Bonchev–Trinajstić information content (AvgIpc) is 3.04. The van der Waals surface area contributed by atoms with Gasteiger partial charge >= 0.3 is 6.03 Å². The van der Waals surface area contributed by atoms with Crippen molar-refractivity contribution in [1.82, 2.24) is 9.80 Å². The van der Waals surface area contributed by atoms with Gasteiger partial charge in [-0.15, -0.1) is 11.3 Å². The van der Waals surface area contributed by atoms with Crippen molar-refractivity contribution in [1.29, 1.82) is 0 Å². The maximum Gasteiger partial charge on any atom is 0.320 e. The smallest absolute Gasteiger partial charge is 0.320 e. The Hall–Kier alpha value is -1.08. The zero-order chi connectivity index (χ0) is 15.2. The molecule has 3 heterocycles. The van der Waals surface area contributed by atoms with E-state index >= 15 is 0 Å². The monoisotopic (exact) mass is 328 g/mol. The molecule has 0 N–H and O–H groups in total. The maximum atomic E-state index is 12.7. The number of rotatable bonds is 1.